The molecule has 0 saturated carbocycles. The summed E-state index contributed by atoms with van der Waals surface area (Å²) in [5.41, 5.74) is 1.36. The van der Waals surface area contributed by atoms with Crippen LogP contribution in [0.4, 0.5) is 11.4 Å². The van der Waals surface area contributed by atoms with E-state index < -0.39 is 11.6 Å². The van der Waals surface area contributed by atoms with Crippen LogP contribution >= 0.6 is 0 Å². The van der Waals surface area contributed by atoms with Crippen LogP contribution < -0.4 is 4.90 Å². The van der Waals surface area contributed by atoms with Gasteiger partial charge in [-0.2, -0.15) is 0 Å². The second kappa shape index (κ2) is 8.31. The lowest BCUT2D eigenvalue weighted by molar-refractivity contribution is -0.384. The minimum absolute atomic E-state index is 0.000890. The number of rotatable bonds is 7. The second-order valence-electron chi connectivity index (χ2n) is 7.88. The highest BCUT2D eigenvalue weighted by Crippen LogP contribution is 2.41. The third-order valence-electron chi connectivity index (χ3n) is 5.82. The Morgan fingerprint density at radius 1 is 1.31 bits per heavy atom. The second-order valence-corrected chi connectivity index (χ2v) is 7.88. The van der Waals surface area contributed by atoms with Gasteiger partial charge in [0.2, 0.25) is 0 Å². The van der Waals surface area contributed by atoms with Gasteiger partial charge in [0.15, 0.2) is 0 Å². The van der Waals surface area contributed by atoms with Crippen molar-refractivity contribution in [2.45, 2.75) is 38.5 Å². The normalized spacial score (nSPS) is 21.9. The quantitative estimate of drug-likeness (QED) is 0.571. The van der Waals surface area contributed by atoms with Gasteiger partial charge in [-0.1, -0.05) is 36.4 Å². The molecule has 7 heteroatoms. The van der Waals surface area contributed by atoms with Crippen molar-refractivity contribution >= 4 is 17.2 Å². The Labute approximate surface area is 170 Å². The molecule has 1 heterocycles. The van der Waals surface area contributed by atoms with E-state index in [2.05, 4.69) is 0 Å². The first-order valence-corrected chi connectivity index (χ1v) is 9.70. The van der Waals surface area contributed by atoms with Crippen LogP contribution in [0, 0.1) is 10.1 Å². The summed E-state index contributed by atoms with van der Waals surface area (Å²) in [6.07, 6.45) is -0.179. The summed E-state index contributed by atoms with van der Waals surface area (Å²) in [6, 6.07) is 14.9. The molecule has 2 aromatic rings. The molecule has 0 aliphatic carbocycles. The molecule has 1 aliphatic heterocycles. The number of Topliss-reactive ketones (excluding diaryl/α,β-unsaturated/α-hetero) is 1. The Balaban J connectivity index is 1.97. The molecule has 1 saturated heterocycles. The Kier molecular flexibility index (Phi) is 6.00. The van der Waals surface area contributed by atoms with Crippen molar-refractivity contribution in [3.8, 4) is 0 Å². The monoisotopic (exact) mass is 397 g/mol. The van der Waals surface area contributed by atoms with Gasteiger partial charge in [-0.05, 0) is 37.5 Å². The summed E-state index contributed by atoms with van der Waals surface area (Å²) in [4.78, 5) is 26.9. The van der Waals surface area contributed by atoms with Crippen LogP contribution in [0.2, 0.25) is 0 Å². The van der Waals surface area contributed by atoms with Gasteiger partial charge in [0.25, 0.3) is 5.69 Å². The van der Waals surface area contributed by atoms with Gasteiger partial charge in [-0.15, -0.1) is 0 Å². The Bertz CT molecular complexity index is 902. The molecule has 2 unspecified atom stereocenters. The molecule has 0 radical (unpaired) electrons. The van der Waals surface area contributed by atoms with Crippen molar-refractivity contribution in [2.24, 2.45) is 0 Å². The van der Waals surface area contributed by atoms with E-state index >= 15 is 0 Å². The summed E-state index contributed by atoms with van der Waals surface area (Å²) in [7, 11) is 1.82. The predicted molar refractivity (Wildman–Crippen MR) is 112 cm³/mol. The van der Waals surface area contributed by atoms with Crippen LogP contribution in [0.25, 0.3) is 0 Å². The van der Waals surface area contributed by atoms with E-state index in [9.17, 15) is 20.0 Å². The zero-order valence-electron chi connectivity index (χ0n) is 17.0. The number of hydrogen-bond donors (Lipinski definition) is 1. The molecular weight excluding hydrogens is 370 g/mol. The topological polar surface area (TPSA) is 86.9 Å². The zero-order chi connectivity index (χ0) is 21.2. The van der Waals surface area contributed by atoms with Gasteiger partial charge < -0.3 is 10.0 Å². The number of hydrogen-bond acceptors (Lipinski definition) is 6. The number of ketones is 1. The van der Waals surface area contributed by atoms with Gasteiger partial charge in [0.1, 0.15) is 11.5 Å². The number of aliphatic hydroxyl groups is 1. The molecule has 154 valence electrons. The summed E-state index contributed by atoms with van der Waals surface area (Å²) < 4.78 is 0. The molecule has 29 heavy (non-hydrogen) atoms. The number of benzene rings is 2. The molecule has 1 fully saturated rings. The van der Waals surface area contributed by atoms with Crippen molar-refractivity contribution in [1.29, 1.82) is 0 Å². The van der Waals surface area contributed by atoms with Gasteiger partial charge in [0.05, 0.1) is 23.1 Å². The van der Waals surface area contributed by atoms with E-state index in [1.165, 1.54) is 6.92 Å². The van der Waals surface area contributed by atoms with Crippen LogP contribution in [0.3, 0.4) is 0 Å². The first-order chi connectivity index (χ1) is 13.7. The molecule has 3 rings (SSSR count). The maximum absolute atomic E-state index is 11.8. The highest BCUT2D eigenvalue weighted by atomic mass is 16.6. The third-order valence-corrected chi connectivity index (χ3v) is 5.82. The van der Waals surface area contributed by atoms with E-state index in [0.717, 1.165) is 5.56 Å². The molecule has 2 atom stereocenters. The Morgan fingerprint density at radius 3 is 2.62 bits per heavy atom. The maximum Gasteiger partial charge on any atom is 0.292 e. The van der Waals surface area contributed by atoms with Crippen molar-refractivity contribution in [1.82, 2.24) is 4.90 Å². The largest absolute Gasteiger partial charge is 0.391 e. The van der Waals surface area contributed by atoms with Crippen LogP contribution in [-0.4, -0.2) is 47.0 Å². The Morgan fingerprint density at radius 2 is 2.00 bits per heavy atom. The standard InChI is InChI=1S/C22H27N3O4/c1-16(26)14-24-12-11-21(27)22(24,2)18-9-10-19(20(13-18)25(28)29)23(3)15-17-7-5-4-6-8-17/h4-10,13,21,27H,11-12,14-15H2,1-3H3. The fraction of sp³-hybridized carbons (Fsp3) is 0.409. The van der Waals surface area contributed by atoms with Crippen molar-refractivity contribution in [2.75, 3.05) is 25.0 Å². The molecule has 1 N–H and O–H groups in total. The molecule has 0 spiro atoms. The zero-order valence-corrected chi connectivity index (χ0v) is 17.0. The van der Waals surface area contributed by atoms with E-state index in [1.807, 2.05) is 60.2 Å². The maximum atomic E-state index is 11.8. The van der Waals surface area contributed by atoms with Gasteiger partial charge in [-0.25, -0.2) is 0 Å². The lowest BCUT2D eigenvalue weighted by Gasteiger charge is -2.37. The summed E-state index contributed by atoms with van der Waals surface area (Å²) in [5.74, 6) is -0.000890. The number of carbonyl (C=O) groups excluding carboxylic acids is 1. The average Bonchev–Trinajstić information content (AvgIpc) is 2.97. The highest BCUT2D eigenvalue weighted by Gasteiger charge is 2.46. The summed E-state index contributed by atoms with van der Waals surface area (Å²) in [5, 5.41) is 22.5. The minimum Gasteiger partial charge on any atom is -0.391 e. The average molecular weight is 397 g/mol. The number of nitrogens with zero attached hydrogens (tertiary/aromatic N) is 3. The van der Waals surface area contributed by atoms with Crippen LogP contribution in [0.1, 0.15) is 31.4 Å². The molecule has 0 bridgehead atoms. The van der Waals surface area contributed by atoms with Crippen molar-refractivity contribution in [3.05, 3.63) is 69.8 Å². The first-order valence-electron chi connectivity index (χ1n) is 9.70. The highest BCUT2D eigenvalue weighted by molar-refractivity contribution is 5.78. The van der Waals surface area contributed by atoms with Gasteiger partial charge in [0, 0.05) is 26.2 Å². The molecule has 7 nitrogen and oxygen atoms in total. The third kappa shape index (κ3) is 4.16. The van der Waals surface area contributed by atoms with E-state index in [0.29, 0.717) is 30.8 Å². The smallest absolute Gasteiger partial charge is 0.292 e. The molecule has 0 amide bonds. The first kappa shape index (κ1) is 21.0. The molecule has 1 aliphatic rings. The van der Waals surface area contributed by atoms with E-state index in [1.54, 1.807) is 12.1 Å². The van der Waals surface area contributed by atoms with Gasteiger partial charge in [-0.3, -0.25) is 19.8 Å². The van der Waals surface area contributed by atoms with Crippen molar-refractivity contribution in [3.63, 3.8) is 0 Å². The van der Waals surface area contributed by atoms with Crippen LogP contribution in [0.5, 0.6) is 0 Å². The molecular formula is C22H27N3O4. The Hall–Kier alpha value is -2.77. The minimum atomic E-state index is -0.840. The fourth-order valence-electron chi connectivity index (χ4n) is 4.14. The predicted octanol–water partition coefficient (Wildman–Crippen LogP) is 3.10. The number of likely N-dealkylation sites (tertiary alicyclic amines) is 1. The number of aliphatic hydroxyl groups excluding tert-OH is 1. The summed E-state index contributed by atoms with van der Waals surface area (Å²) >= 11 is 0. The van der Waals surface area contributed by atoms with Gasteiger partial charge >= 0.3 is 0 Å². The molecule has 0 aromatic heterocycles. The fourth-order valence-corrected chi connectivity index (χ4v) is 4.14. The molecule has 2 aromatic carbocycles. The number of nitro groups is 1. The summed E-state index contributed by atoms with van der Waals surface area (Å²) in [6.45, 7) is 4.67. The van der Waals surface area contributed by atoms with E-state index in [-0.39, 0.29) is 22.9 Å². The van der Waals surface area contributed by atoms with E-state index in [4.69, 9.17) is 0 Å². The number of carbonyl (C=O) groups is 1. The lowest BCUT2D eigenvalue weighted by Crippen LogP contribution is -2.46. The van der Waals surface area contributed by atoms with Crippen molar-refractivity contribution < 1.29 is 14.8 Å². The van der Waals surface area contributed by atoms with Crippen LogP contribution in [-0.2, 0) is 16.9 Å². The number of nitro benzene ring substituents is 1. The lowest BCUT2D eigenvalue weighted by atomic mass is 9.86. The van der Waals surface area contributed by atoms with Crippen LogP contribution in [0.15, 0.2) is 48.5 Å². The SMILES string of the molecule is CC(=O)CN1CCC(O)C1(C)c1ccc(N(C)Cc2ccccc2)c([N+](=O)[O-])c1. The number of anilines is 1.